The molecule has 0 saturated heterocycles. The van der Waals surface area contributed by atoms with Crippen LogP contribution in [-0.4, -0.2) is 22.8 Å². The largest absolute Gasteiger partial charge is 0.496 e. The Labute approximate surface area is 213 Å². The number of methoxy groups -OCH3 is 1. The Balaban J connectivity index is 1.37. The summed E-state index contributed by atoms with van der Waals surface area (Å²) in [6.07, 6.45) is 6.38. The number of rotatable bonds is 9. The molecule has 0 fully saturated rings. The SMILES string of the molecule is COc1ccc(/C=C/C(=O)Nc2cnn(Cc3ccc(F)cc3Cl)c2)cc1COc1ccc(C)cc1. The molecule has 0 aliphatic carbocycles. The van der Waals surface area contributed by atoms with Gasteiger partial charge in [-0.15, -0.1) is 0 Å². The van der Waals surface area contributed by atoms with Crippen molar-refractivity contribution < 1.29 is 18.7 Å². The van der Waals surface area contributed by atoms with E-state index in [1.165, 1.54) is 24.4 Å². The van der Waals surface area contributed by atoms with Gasteiger partial charge in [0, 0.05) is 22.9 Å². The number of amides is 1. The highest BCUT2D eigenvalue weighted by molar-refractivity contribution is 6.31. The van der Waals surface area contributed by atoms with E-state index in [-0.39, 0.29) is 5.91 Å². The van der Waals surface area contributed by atoms with Gasteiger partial charge in [-0.3, -0.25) is 9.48 Å². The third kappa shape index (κ3) is 6.73. The fourth-order valence-corrected chi connectivity index (χ4v) is 3.73. The Bertz CT molecular complexity index is 1380. The summed E-state index contributed by atoms with van der Waals surface area (Å²) in [6.45, 7) is 2.70. The first-order chi connectivity index (χ1) is 17.4. The molecule has 0 saturated carbocycles. The van der Waals surface area contributed by atoms with E-state index in [0.717, 1.165) is 28.0 Å². The van der Waals surface area contributed by atoms with Gasteiger partial charge < -0.3 is 14.8 Å². The molecule has 8 heteroatoms. The number of hydrogen-bond donors (Lipinski definition) is 1. The molecule has 184 valence electrons. The maximum atomic E-state index is 13.2. The van der Waals surface area contributed by atoms with Crippen LogP contribution < -0.4 is 14.8 Å². The number of hydrogen-bond acceptors (Lipinski definition) is 4. The molecule has 1 amide bonds. The molecule has 4 aromatic rings. The van der Waals surface area contributed by atoms with Gasteiger partial charge in [-0.2, -0.15) is 5.10 Å². The van der Waals surface area contributed by atoms with Crippen LogP contribution in [0.2, 0.25) is 5.02 Å². The van der Waals surface area contributed by atoms with Gasteiger partial charge in [-0.25, -0.2) is 4.39 Å². The number of aromatic nitrogens is 2. The number of carbonyl (C=O) groups is 1. The van der Waals surface area contributed by atoms with Crippen LogP contribution in [0.15, 0.2) is 79.1 Å². The summed E-state index contributed by atoms with van der Waals surface area (Å²) < 4.78 is 26.2. The minimum absolute atomic E-state index is 0.303. The van der Waals surface area contributed by atoms with Gasteiger partial charge in [0.15, 0.2) is 0 Å². The molecule has 0 spiro atoms. The van der Waals surface area contributed by atoms with E-state index in [1.807, 2.05) is 49.4 Å². The first kappa shape index (κ1) is 25.0. The summed E-state index contributed by atoms with van der Waals surface area (Å²) in [6, 6.07) is 17.7. The van der Waals surface area contributed by atoms with E-state index < -0.39 is 5.82 Å². The minimum Gasteiger partial charge on any atom is -0.496 e. The molecule has 36 heavy (non-hydrogen) atoms. The standard InChI is InChI=1S/C28H25ClFN3O3/c1-19-3-9-25(10-4-19)36-18-22-13-20(5-11-27(22)35-2)6-12-28(34)32-24-15-31-33(17-24)16-21-7-8-23(30)14-26(21)29/h3-15,17H,16,18H2,1-2H3,(H,32,34)/b12-6+. The first-order valence-corrected chi connectivity index (χ1v) is 11.6. The monoisotopic (exact) mass is 505 g/mol. The van der Waals surface area contributed by atoms with Crippen LogP contribution in [0.1, 0.15) is 22.3 Å². The van der Waals surface area contributed by atoms with Crippen molar-refractivity contribution in [1.82, 2.24) is 9.78 Å². The van der Waals surface area contributed by atoms with Crippen molar-refractivity contribution in [3.63, 3.8) is 0 Å². The number of nitrogens with zero attached hydrogens (tertiary/aromatic N) is 2. The second-order valence-corrected chi connectivity index (χ2v) is 8.57. The van der Waals surface area contributed by atoms with Gasteiger partial charge >= 0.3 is 0 Å². The molecule has 4 rings (SSSR count). The number of ether oxygens (including phenoxy) is 2. The topological polar surface area (TPSA) is 65.4 Å². The Morgan fingerprint density at radius 3 is 2.67 bits per heavy atom. The molecule has 1 aromatic heterocycles. The molecule has 1 N–H and O–H groups in total. The zero-order valence-electron chi connectivity index (χ0n) is 19.9. The lowest BCUT2D eigenvalue weighted by atomic mass is 10.1. The highest BCUT2D eigenvalue weighted by Gasteiger charge is 2.08. The number of anilines is 1. The van der Waals surface area contributed by atoms with E-state index in [2.05, 4.69) is 10.4 Å². The highest BCUT2D eigenvalue weighted by Crippen LogP contribution is 2.23. The summed E-state index contributed by atoms with van der Waals surface area (Å²) in [5.41, 5.74) is 4.11. The van der Waals surface area contributed by atoms with Crippen molar-refractivity contribution in [2.45, 2.75) is 20.1 Å². The number of carbonyl (C=O) groups excluding carboxylic acids is 1. The smallest absolute Gasteiger partial charge is 0.248 e. The molecule has 3 aromatic carbocycles. The zero-order valence-corrected chi connectivity index (χ0v) is 20.6. The van der Waals surface area contributed by atoms with E-state index >= 15 is 0 Å². The molecule has 0 aliphatic rings. The Morgan fingerprint density at radius 2 is 1.92 bits per heavy atom. The van der Waals surface area contributed by atoms with Gasteiger partial charge in [-0.05, 0) is 60.5 Å². The quantitative estimate of drug-likeness (QED) is 0.272. The third-order valence-electron chi connectivity index (χ3n) is 5.40. The molecular formula is C28H25ClFN3O3. The Hall–Kier alpha value is -4.10. The van der Waals surface area contributed by atoms with E-state index in [1.54, 1.807) is 30.1 Å². The molecule has 1 heterocycles. The van der Waals surface area contributed by atoms with Crippen LogP contribution in [0.4, 0.5) is 10.1 Å². The lowest BCUT2D eigenvalue weighted by Gasteiger charge is -2.11. The van der Waals surface area contributed by atoms with Crippen LogP contribution in [0.5, 0.6) is 11.5 Å². The predicted molar refractivity (Wildman–Crippen MR) is 139 cm³/mol. The minimum atomic E-state index is -0.397. The summed E-state index contributed by atoms with van der Waals surface area (Å²) >= 11 is 6.08. The maximum absolute atomic E-state index is 13.2. The summed E-state index contributed by atoms with van der Waals surface area (Å²) in [4.78, 5) is 12.4. The fourth-order valence-electron chi connectivity index (χ4n) is 3.51. The average molecular weight is 506 g/mol. The van der Waals surface area contributed by atoms with Crippen molar-refractivity contribution >= 4 is 29.3 Å². The van der Waals surface area contributed by atoms with Crippen LogP contribution in [0.3, 0.4) is 0 Å². The first-order valence-electron chi connectivity index (χ1n) is 11.2. The van der Waals surface area contributed by atoms with Crippen LogP contribution in [0, 0.1) is 12.7 Å². The second kappa shape index (κ2) is 11.6. The maximum Gasteiger partial charge on any atom is 0.248 e. The predicted octanol–water partition coefficient (Wildman–Crippen LogP) is 6.27. The molecule has 0 unspecified atom stereocenters. The van der Waals surface area contributed by atoms with Crippen molar-refractivity contribution in [1.29, 1.82) is 0 Å². The normalized spacial score (nSPS) is 11.0. The number of aryl methyl sites for hydroxylation is 1. The average Bonchev–Trinajstić information content (AvgIpc) is 3.30. The molecule has 0 radical (unpaired) electrons. The summed E-state index contributed by atoms with van der Waals surface area (Å²) in [5.74, 6) is 0.775. The van der Waals surface area contributed by atoms with Crippen LogP contribution in [-0.2, 0) is 17.9 Å². The molecule has 0 atom stereocenters. The number of benzene rings is 3. The molecule has 6 nitrogen and oxygen atoms in total. The molecule has 0 bridgehead atoms. The second-order valence-electron chi connectivity index (χ2n) is 8.16. The third-order valence-corrected chi connectivity index (χ3v) is 5.75. The highest BCUT2D eigenvalue weighted by atomic mass is 35.5. The number of halogens is 2. The molecular weight excluding hydrogens is 481 g/mol. The Morgan fingerprint density at radius 1 is 1.11 bits per heavy atom. The van der Waals surface area contributed by atoms with Crippen LogP contribution in [0.25, 0.3) is 6.08 Å². The van der Waals surface area contributed by atoms with Crippen molar-refractivity contribution in [3.8, 4) is 11.5 Å². The molecule has 0 aliphatic heterocycles. The summed E-state index contributed by atoms with van der Waals surface area (Å²) in [7, 11) is 1.61. The number of nitrogens with one attached hydrogen (secondary N) is 1. The van der Waals surface area contributed by atoms with E-state index in [9.17, 15) is 9.18 Å². The van der Waals surface area contributed by atoms with Gasteiger partial charge in [0.05, 0.1) is 25.5 Å². The lowest BCUT2D eigenvalue weighted by Crippen LogP contribution is -2.07. The van der Waals surface area contributed by atoms with Crippen LogP contribution >= 0.6 is 11.6 Å². The lowest BCUT2D eigenvalue weighted by molar-refractivity contribution is -0.111. The van der Waals surface area contributed by atoms with E-state index in [0.29, 0.717) is 29.6 Å². The summed E-state index contributed by atoms with van der Waals surface area (Å²) in [5, 5.41) is 7.33. The van der Waals surface area contributed by atoms with Gasteiger partial charge in [0.25, 0.3) is 0 Å². The van der Waals surface area contributed by atoms with Gasteiger partial charge in [-0.1, -0.05) is 41.4 Å². The van der Waals surface area contributed by atoms with Crippen molar-refractivity contribution in [2.75, 3.05) is 12.4 Å². The van der Waals surface area contributed by atoms with Crippen molar-refractivity contribution in [2.24, 2.45) is 0 Å². The van der Waals surface area contributed by atoms with Gasteiger partial charge in [0.1, 0.15) is 23.9 Å². The van der Waals surface area contributed by atoms with E-state index in [4.69, 9.17) is 21.1 Å². The fraction of sp³-hybridized carbons (Fsp3) is 0.143. The Kier molecular flexibility index (Phi) is 8.02. The zero-order chi connectivity index (χ0) is 25.5. The van der Waals surface area contributed by atoms with Gasteiger partial charge in [0.2, 0.25) is 5.91 Å². The van der Waals surface area contributed by atoms with Crippen molar-refractivity contribution in [3.05, 3.63) is 112 Å².